The number of hydrogen-bond acceptors (Lipinski definition) is 5. The Morgan fingerprint density at radius 2 is 2.00 bits per heavy atom. The van der Waals surface area contributed by atoms with E-state index in [-0.39, 0.29) is 12.3 Å². The normalized spacial score (nSPS) is 21.6. The highest BCUT2D eigenvalue weighted by atomic mass is 32.2. The van der Waals surface area contributed by atoms with Crippen LogP contribution in [0.25, 0.3) is 0 Å². The SMILES string of the molecule is CCNC(=NCCNS(C)(=O)=O)N1CCS(=O)(=O)C(C)(C)C1. The van der Waals surface area contributed by atoms with E-state index in [0.29, 0.717) is 32.1 Å². The zero-order chi connectivity index (χ0) is 17.0. The first-order valence-electron chi connectivity index (χ1n) is 7.19. The molecular formula is C12H26N4O4S2. The third kappa shape index (κ3) is 5.40. The lowest BCUT2D eigenvalue weighted by Gasteiger charge is -2.39. The molecule has 0 atom stereocenters. The Morgan fingerprint density at radius 1 is 1.36 bits per heavy atom. The number of nitrogens with one attached hydrogen (secondary N) is 2. The number of sulfonamides is 1. The molecule has 130 valence electrons. The first kappa shape index (κ1) is 19.2. The Hall–Kier alpha value is -0.870. The molecule has 1 aliphatic heterocycles. The summed E-state index contributed by atoms with van der Waals surface area (Å²) in [6, 6.07) is 0. The molecule has 8 nitrogen and oxygen atoms in total. The number of rotatable bonds is 5. The fraction of sp³-hybridized carbons (Fsp3) is 0.917. The van der Waals surface area contributed by atoms with Gasteiger partial charge < -0.3 is 10.2 Å². The Kier molecular flexibility index (Phi) is 6.22. The van der Waals surface area contributed by atoms with Gasteiger partial charge >= 0.3 is 0 Å². The van der Waals surface area contributed by atoms with Crippen LogP contribution in [0.15, 0.2) is 4.99 Å². The molecule has 0 unspecified atom stereocenters. The van der Waals surface area contributed by atoms with E-state index in [1.54, 1.807) is 13.8 Å². The minimum absolute atomic E-state index is 0.0893. The van der Waals surface area contributed by atoms with Crippen LogP contribution in [0, 0.1) is 0 Å². The molecule has 0 saturated carbocycles. The van der Waals surface area contributed by atoms with Crippen molar-refractivity contribution in [2.24, 2.45) is 4.99 Å². The summed E-state index contributed by atoms with van der Waals surface area (Å²) in [5.41, 5.74) is 0. The Morgan fingerprint density at radius 3 is 2.50 bits per heavy atom. The molecule has 1 aliphatic rings. The van der Waals surface area contributed by atoms with Gasteiger partial charge in [0.15, 0.2) is 15.8 Å². The van der Waals surface area contributed by atoms with Gasteiger partial charge in [0.2, 0.25) is 10.0 Å². The molecule has 0 bridgehead atoms. The van der Waals surface area contributed by atoms with Gasteiger partial charge in [0.1, 0.15) is 0 Å². The molecule has 0 spiro atoms. The van der Waals surface area contributed by atoms with E-state index in [0.717, 1.165) is 6.26 Å². The number of hydrogen-bond donors (Lipinski definition) is 2. The van der Waals surface area contributed by atoms with Crippen molar-refractivity contribution in [1.82, 2.24) is 14.9 Å². The van der Waals surface area contributed by atoms with Crippen LogP contribution in [0.5, 0.6) is 0 Å². The zero-order valence-electron chi connectivity index (χ0n) is 13.6. The van der Waals surface area contributed by atoms with Crippen molar-refractivity contribution in [1.29, 1.82) is 0 Å². The van der Waals surface area contributed by atoms with Crippen molar-refractivity contribution in [2.75, 3.05) is 44.7 Å². The molecule has 1 fully saturated rings. The van der Waals surface area contributed by atoms with E-state index >= 15 is 0 Å². The summed E-state index contributed by atoms with van der Waals surface area (Å²) in [6.07, 6.45) is 1.10. The lowest BCUT2D eigenvalue weighted by atomic mass is 10.2. The number of sulfone groups is 1. The van der Waals surface area contributed by atoms with Gasteiger partial charge in [-0.25, -0.2) is 21.6 Å². The second-order valence-electron chi connectivity index (χ2n) is 5.90. The fourth-order valence-electron chi connectivity index (χ4n) is 2.14. The average Bonchev–Trinajstić information content (AvgIpc) is 2.35. The van der Waals surface area contributed by atoms with Gasteiger partial charge in [-0.1, -0.05) is 0 Å². The van der Waals surface area contributed by atoms with Gasteiger partial charge in [0.25, 0.3) is 0 Å². The Balaban J connectivity index is 2.75. The molecular weight excluding hydrogens is 328 g/mol. The molecule has 22 heavy (non-hydrogen) atoms. The summed E-state index contributed by atoms with van der Waals surface area (Å²) in [4.78, 5) is 6.27. The van der Waals surface area contributed by atoms with Crippen LogP contribution in [0.3, 0.4) is 0 Å². The van der Waals surface area contributed by atoms with Crippen molar-refractivity contribution in [3.8, 4) is 0 Å². The molecule has 0 amide bonds. The lowest BCUT2D eigenvalue weighted by molar-refractivity contribution is 0.353. The molecule has 1 rings (SSSR count). The average molecular weight is 354 g/mol. The molecule has 0 aromatic rings. The second-order valence-corrected chi connectivity index (χ2v) is 10.5. The van der Waals surface area contributed by atoms with Gasteiger partial charge in [0, 0.05) is 26.2 Å². The first-order valence-corrected chi connectivity index (χ1v) is 10.7. The minimum atomic E-state index is -3.23. The van der Waals surface area contributed by atoms with E-state index in [1.807, 2.05) is 11.8 Å². The van der Waals surface area contributed by atoms with Crippen molar-refractivity contribution in [3.05, 3.63) is 0 Å². The standard InChI is InChI=1S/C12H26N4O4S2/c1-5-13-11(14-6-7-15-21(4,17)18)16-8-9-22(19,20)12(2,3)10-16/h15H,5-10H2,1-4H3,(H,13,14). The van der Waals surface area contributed by atoms with Crippen LogP contribution in [0.1, 0.15) is 20.8 Å². The minimum Gasteiger partial charge on any atom is -0.357 e. The van der Waals surface area contributed by atoms with Gasteiger partial charge in [-0.15, -0.1) is 0 Å². The molecule has 1 saturated heterocycles. The third-order valence-electron chi connectivity index (χ3n) is 3.42. The summed E-state index contributed by atoms with van der Waals surface area (Å²) in [5, 5.41) is 3.12. The first-order chi connectivity index (χ1) is 9.98. The molecule has 0 aromatic heterocycles. The maximum absolute atomic E-state index is 12.0. The second kappa shape index (κ2) is 7.14. The Labute approximate surface area is 133 Å². The third-order valence-corrected chi connectivity index (χ3v) is 6.68. The van der Waals surface area contributed by atoms with Crippen LogP contribution in [-0.4, -0.2) is 77.2 Å². The summed E-state index contributed by atoms with van der Waals surface area (Å²) >= 11 is 0. The van der Waals surface area contributed by atoms with Crippen molar-refractivity contribution >= 4 is 25.8 Å². The van der Waals surface area contributed by atoms with Crippen molar-refractivity contribution in [3.63, 3.8) is 0 Å². The van der Waals surface area contributed by atoms with Crippen LogP contribution >= 0.6 is 0 Å². The van der Waals surface area contributed by atoms with Crippen LogP contribution in [0.2, 0.25) is 0 Å². The van der Waals surface area contributed by atoms with E-state index in [1.165, 1.54) is 0 Å². The highest BCUT2D eigenvalue weighted by Crippen LogP contribution is 2.23. The van der Waals surface area contributed by atoms with E-state index in [4.69, 9.17) is 0 Å². The number of aliphatic imine (C=N–C) groups is 1. The largest absolute Gasteiger partial charge is 0.357 e. The van der Waals surface area contributed by atoms with Crippen LogP contribution in [0.4, 0.5) is 0 Å². The lowest BCUT2D eigenvalue weighted by Crippen LogP contribution is -2.57. The van der Waals surface area contributed by atoms with Crippen molar-refractivity contribution in [2.45, 2.75) is 25.5 Å². The van der Waals surface area contributed by atoms with Gasteiger partial charge in [-0.3, -0.25) is 4.99 Å². The smallest absolute Gasteiger partial charge is 0.208 e. The summed E-state index contributed by atoms with van der Waals surface area (Å²) < 4.78 is 47.6. The molecule has 0 aliphatic carbocycles. The highest BCUT2D eigenvalue weighted by Gasteiger charge is 2.40. The molecule has 2 N–H and O–H groups in total. The van der Waals surface area contributed by atoms with Gasteiger partial charge in [0.05, 0.1) is 23.3 Å². The van der Waals surface area contributed by atoms with E-state index in [2.05, 4.69) is 15.0 Å². The number of guanidine groups is 1. The van der Waals surface area contributed by atoms with Gasteiger partial charge in [-0.05, 0) is 20.8 Å². The van der Waals surface area contributed by atoms with Crippen molar-refractivity contribution < 1.29 is 16.8 Å². The van der Waals surface area contributed by atoms with Crippen LogP contribution in [-0.2, 0) is 19.9 Å². The fourth-order valence-corrected chi connectivity index (χ4v) is 3.97. The highest BCUT2D eigenvalue weighted by molar-refractivity contribution is 7.92. The Bertz CT molecular complexity index is 611. The van der Waals surface area contributed by atoms with E-state index < -0.39 is 24.6 Å². The monoisotopic (exact) mass is 354 g/mol. The molecule has 1 heterocycles. The van der Waals surface area contributed by atoms with E-state index in [9.17, 15) is 16.8 Å². The predicted molar refractivity (Wildman–Crippen MR) is 88.3 cm³/mol. The molecule has 10 heteroatoms. The maximum atomic E-state index is 12.0. The van der Waals surface area contributed by atoms with Crippen LogP contribution < -0.4 is 10.0 Å². The molecule has 0 aromatic carbocycles. The quantitative estimate of drug-likeness (QED) is 0.373. The summed E-state index contributed by atoms with van der Waals surface area (Å²) in [7, 11) is -6.33. The predicted octanol–water partition coefficient (Wildman–Crippen LogP) is -0.990. The maximum Gasteiger partial charge on any atom is 0.208 e. The van der Waals surface area contributed by atoms with Gasteiger partial charge in [-0.2, -0.15) is 0 Å². The summed E-state index contributed by atoms with van der Waals surface area (Å²) in [5.74, 6) is 0.701. The summed E-state index contributed by atoms with van der Waals surface area (Å²) in [6.45, 7) is 7.25. The topological polar surface area (TPSA) is 108 Å². The zero-order valence-corrected chi connectivity index (χ0v) is 15.2. The molecule has 0 radical (unpaired) electrons. The number of nitrogens with zero attached hydrogens (tertiary/aromatic N) is 2.